The minimum atomic E-state index is -1.06. The van der Waals surface area contributed by atoms with Gasteiger partial charge in [0.05, 0.1) is 19.2 Å². The van der Waals surface area contributed by atoms with Crippen molar-refractivity contribution in [3.8, 4) is 11.5 Å². The number of nitrogens with one attached hydrogen (secondary N) is 1. The number of phenols is 1. The number of benzene rings is 1. The first-order valence-electron chi connectivity index (χ1n) is 6.91. The maximum absolute atomic E-state index is 11.8. The van der Waals surface area contributed by atoms with E-state index < -0.39 is 23.7 Å². The summed E-state index contributed by atoms with van der Waals surface area (Å²) in [5, 5.41) is 21.3. The topological polar surface area (TPSA) is 131 Å². The number of amides is 1. The Labute approximate surface area is 134 Å². The molecular formula is C15H22N2O6. The van der Waals surface area contributed by atoms with Crippen molar-refractivity contribution in [2.45, 2.75) is 38.8 Å². The van der Waals surface area contributed by atoms with Crippen LogP contribution in [0.5, 0.6) is 11.5 Å². The zero-order chi connectivity index (χ0) is 17.8. The molecule has 128 valence electrons. The maximum Gasteiger partial charge on any atom is 0.412 e. The number of carboxylic acids is 1. The summed E-state index contributed by atoms with van der Waals surface area (Å²) in [6, 6.07) is 1.99. The van der Waals surface area contributed by atoms with E-state index in [0.29, 0.717) is 5.56 Å². The van der Waals surface area contributed by atoms with Crippen LogP contribution in [-0.2, 0) is 9.53 Å². The van der Waals surface area contributed by atoms with Crippen molar-refractivity contribution in [1.82, 2.24) is 0 Å². The number of carboxylic acid groups (broad SMARTS) is 1. The highest BCUT2D eigenvalue weighted by atomic mass is 16.6. The van der Waals surface area contributed by atoms with E-state index in [0.717, 1.165) is 0 Å². The van der Waals surface area contributed by atoms with Gasteiger partial charge in [-0.15, -0.1) is 0 Å². The molecule has 0 radical (unpaired) electrons. The number of methoxy groups -OCH3 is 1. The number of phenolic OH excluding ortho intramolecular Hbond substituents is 1. The Morgan fingerprint density at radius 1 is 1.35 bits per heavy atom. The Bertz CT molecular complexity index is 594. The van der Waals surface area contributed by atoms with Crippen LogP contribution in [0.15, 0.2) is 12.1 Å². The van der Waals surface area contributed by atoms with Crippen molar-refractivity contribution in [2.24, 2.45) is 5.73 Å². The van der Waals surface area contributed by atoms with Gasteiger partial charge < -0.3 is 25.4 Å². The van der Waals surface area contributed by atoms with Gasteiger partial charge in [0.1, 0.15) is 5.60 Å². The van der Waals surface area contributed by atoms with Crippen molar-refractivity contribution >= 4 is 17.7 Å². The summed E-state index contributed by atoms with van der Waals surface area (Å²) >= 11 is 0. The molecule has 5 N–H and O–H groups in total. The number of anilines is 1. The Morgan fingerprint density at radius 2 is 1.96 bits per heavy atom. The Balaban J connectivity index is 3.10. The van der Waals surface area contributed by atoms with E-state index in [2.05, 4.69) is 5.32 Å². The lowest BCUT2D eigenvalue weighted by Crippen LogP contribution is -2.27. The lowest BCUT2D eigenvalue weighted by molar-refractivity contribution is -0.137. The summed E-state index contributed by atoms with van der Waals surface area (Å²) in [5.41, 5.74) is 5.52. The van der Waals surface area contributed by atoms with Crippen LogP contribution in [0.4, 0.5) is 10.5 Å². The van der Waals surface area contributed by atoms with E-state index in [1.807, 2.05) is 0 Å². The van der Waals surface area contributed by atoms with Crippen molar-refractivity contribution in [1.29, 1.82) is 0 Å². The van der Waals surface area contributed by atoms with Crippen LogP contribution in [0.1, 0.15) is 38.8 Å². The van der Waals surface area contributed by atoms with E-state index in [9.17, 15) is 14.7 Å². The third-order valence-corrected chi connectivity index (χ3v) is 2.78. The standard InChI is InChI=1S/C15H22N2O6/c1-15(2,3)23-14(21)17-10-5-8(9(16)7-12(18)19)6-11(22-4)13(10)20/h5-6,9,20H,7,16H2,1-4H3,(H,17,21)(H,18,19). The van der Waals surface area contributed by atoms with Crippen LogP contribution in [0.25, 0.3) is 0 Å². The molecular weight excluding hydrogens is 304 g/mol. The molecule has 1 unspecified atom stereocenters. The Kier molecular flexibility index (Phi) is 5.80. The van der Waals surface area contributed by atoms with Gasteiger partial charge in [0.25, 0.3) is 0 Å². The minimum Gasteiger partial charge on any atom is -0.503 e. The molecule has 0 aliphatic rings. The molecule has 0 spiro atoms. The molecule has 1 aromatic rings. The van der Waals surface area contributed by atoms with Crippen LogP contribution in [-0.4, -0.2) is 35.0 Å². The summed E-state index contributed by atoms with van der Waals surface area (Å²) in [6.07, 6.45) is -1.07. The van der Waals surface area contributed by atoms with Gasteiger partial charge >= 0.3 is 12.1 Å². The third kappa shape index (κ3) is 5.67. The molecule has 1 atom stereocenters. The number of carbonyl (C=O) groups is 2. The summed E-state index contributed by atoms with van der Waals surface area (Å²) in [7, 11) is 1.33. The lowest BCUT2D eigenvalue weighted by atomic mass is 10.0. The van der Waals surface area contributed by atoms with Crippen molar-refractivity contribution in [3.63, 3.8) is 0 Å². The second-order valence-electron chi connectivity index (χ2n) is 5.95. The molecule has 0 aromatic heterocycles. The van der Waals surface area contributed by atoms with E-state index in [-0.39, 0.29) is 23.6 Å². The van der Waals surface area contributed by atoms with Gasteiger partial charge in [-0.3, -0.25) is 10.1 Å². The smallest absolute Gasteiger partial charge is 0.412 e. The molecule has 23 heavy (non-hydrogen) atoms. The van der Waals surface area contributed by atoms with Crippen LogP contribution >= 0.6 is 0 Å². The first-order valence-corrected chi connectivity index (χ1v) is 6.91. The average Bonchev–Trinajstić information content (AvgIpc) is 2.37. The normalized spacial score (nSPS) is 12.4. The van der Waals surface area contributed by atoms with Gasteiger partial charge in [-0.05, 0) is 38.5 Å². The number of nitrogens with two attached hydrogens (primary N) is 1. The number of aliphatic carboxylic acids is 1. The molecule has 0 bridgehead atoms. The summed E-state index contributed by atoms with van der Waals surface area (Å²) < 4.78 is 10.1. The van der Waals surface area contributed by atoms with E-state index in [1.165, 1.54) is 19.2 Å². The van der Waals surface area contributed by atoms with E-state index >= 15 is 0 Å². The number of carbonyl (C=O) groups excluding carboxylic acids is 1. The van der Waals surface area contributed by atoms with Gasteiger partial charge in [-0.2, -0.15) is 0 Å². The van der Waals surface area contributed by atoms with E-state index in [4.69, 9.17) is 20.3 Å². The SMILES string of the molecule is COc1cc(C(N)CC(=O)O)cc(NC(=O)OC(C)(C)C)c1O. The second-order valence-corrected chi connectivity index (χ2v) is 5.95. The van der Waals surface area contributed by atoms with Crippen molar-refractivity contribution in [3.05, 3.63) is 17.7 Å². The highest BCUT2D eigenvalue weighted by Crippen LogP contribution is 2.37. The maximum atomic E-state index is 11.8. The van der Waals surface area contributed by atoms with Crippen LogP contribution in [0.2, 0.25) is 0 Å². The van der Waals surface area contributed by atoms with Crippen LogP contribution in [0, 0.1) is 0 Å². The molecule has 8 nitrogen and oxygen atoms in total. The fraction of sp³-hybridized carbons (Fsp3) is 0.467. The molecule has 0 saturated carbocycles. The fourth-order valence-electron chi connectivity index (χ4n) is 1.81. The molecule has 0 heterocycles. The molecule has 0 saturated heterocycles. The van der Waals surface area contributed by atoms with Crippen LogP contribution < -0.4 is 15.8 Å². The number of hydrogen-bond acceptors (Lipinski definition) is 6. The zero-order valence-corrected chi connectivity index (χ0v) is 13.5. The number of ether oxygens (including phenoxy) is 2. The Hall–Kier alpha value is -2.48. The van der Waals surface area contributed by atoms with Crippen molar-refractivity contribution in [2.75, 3.05) is 12.4 Å². The summed E-state index contributed by atoms with van der Waals surface area (Å²) in [6.45, 7) is 5.10. The molecule has 0 fully saturated rings. The number of hydrogen-bond donors (Lipinski definition) is 4. The van der Waals surface area contributed by atoms with Gasteiger partial charge in [0.2, 0.25) is 0 Å². The second kappa shape index (κ2) is 7.19. The molecule has 1 aromatic carbocycles. The molecule has 1 amide bonds. The fourth-order valence-corrected chi connectivity index (χ4v) is 1.81. The highest BCUT2D eigenvalue weighted by molar-refractivity contribution is 5.88. The van der Waals surface area contributed by atoms with Crippen molar-refractivity contribution < 1.29 is 29.3 Å². The van der Waals surface area contributed by atoms with Crippen LogP contribution in [0.3, 0.4) is 0 Å². The van der Waals surface area contributed by atoms with Gasteiger partial charge in [-0.1, -0.05) is 0 Å². The highest BCUT2D eigenvalue weighted by Gasteiger charge is 2.21. The molecule has 0 aliphatic carbocycles. The monoisotopic (exact) mass is 326 g/mol. The average molecular weight is 326 g/mol. The van der Waals surface area contributed by atoms with Gasteiger partial charge in [0, 0.05) is 6.04 Å². The first-order chi connectivity index (χ1) is 10.5. The quantitative estimate of drug-likeness (QED) is 0.610. The predicted molar refractivity (Wildman–Crippen MR) is 83.7 cm³/mol. The van der Waals surface area contributed by atoms with Gasteiger partial charge in [-0.25, -0.2) is 4.79 Å². The van der Waals surface area contributed by atoms with E-state index in [1.54, 1.807) is 20.8 Å². The molecule has 1 rings (SSSR count). The van der Waals surface area contributed by atoms with Gasteiger partial charge in [0.15, 0.2) is 11.5 Å². The number of aromatic hydroxyl groups is 1. The summed E-state index contributed by atoms with van der Waals surface area (Å²) in [4.78, 5) is 22.6. The Morgan fingerprint density at radius 3 is 2.43 bits per heavy atom. The minimum absolute atomic E-state index is 0.0226. The number of rotatable bonds is 5. The summed E-state index contributed by atoms with van der Waals surface area (Å²) in [5.74, 6) is -1.30. The predicted octanol–water partition coefficient (Wildman–Crippen LogP) is 2.22. The lowest BCUT2D eigenvalue weighted by Gasteiger charge is -2.21. The first kappa shape index (κ1) is 18.6. The zero-order valence-electron chi connectivity index (χ0n) is 13.5. The molecule has 0 aliphatic heterocycles. The molecule has 8 heteroatoms. The third-order valence-electron chi connectivity index (χ3n) is 2.78. The largest absolute Gasteiger partial charge is 0.503 e.